The summed E-state index contributed by atoms with van der Waals surface area (Å²) < 4.78 is 17.7. The molecule has 5 nitrogen and oxygen atoms in total. The van der Waals surface area contributed by atoms with Gasteiger partial charge in [-0.2, -0.15) is 9.36 Å². The largest absolute Gasteiger partial charge is 0.336 e. The van der Waals surface area contributed by atoms with Gasteiger partial charge in [-0.25, -0.2) is 4.39 Å². The highest BCUT2D eigenvalue weighted by molar-refractivity contribution is 7.09. The lowest BCUT2D eigenvalue weighted by molar-refractivity contribution is -0.131. The first-order chi connectivity index (χ1) is 12.7. The first-order valence-electron chi connectivity index (χ1n) is 8.35. The fourth-order valence-corrected chi connectivity index (χ4v) is 3.66. The molecule has 7 heteroatoms. The van der Waals surface area contributed by atoms with E-state index in [0.717, 1.165) is 16.3 Å². The van der Waals surface area contributed by atoms with Crippen LogP contribution >= 0.6 is 11.5 Å². The Morgan fingerprint density at radius 1 is 1.08 bits per heavy atom. The molecule has 1 aliphatic rings. The second-order valence-electron chi connectivity index (χ2n) is 6.13. The fraction of sp³-hybridized carbons (Fsp3) is 0.211. The predicted octanol–water partition coefficient (Wildman–Crippen LogP) is 3.19. The summed E-state index contributed by atoms with van der Waals surface area (Å²) in [6.07, 6.45) is 0. The summed E-state index contributed by atoms with van der Waals surface area (Å²) in [5.41, 5.74) is 1.76. The van der Waals surface area contributed by atoms with Crippen molar-refractivity contribution in [2.45, 2.75) is 6.54 Å². The highest BCUT2D eigenvalue weighted by Crippen LogP contribution is 2.25. The molecule has 1 fully saturated rings. The number of piperazine rings is 1. The SMILES string of the molecule is O=C1CN(c2nc(-c3ccccc3)ns2)CCN1Cc1cccc(F)c1. The fourth-order valence-electron chi connectivity index (χ4n) is 2.94. The van der Waals surface area contributed by atoms with Gasteiger partial charge in [-0.15, -0.1) is 0 Å². The van der Waals surface area contributed by atoms with E-state index in [2.05, 4.69) is 9.36 Å². The van der Waals surface area contributed by atoms with E-state index in [1.54, 1.807) is 11.0 Å². The second-order valence-corrected chi connectivity index (χ2v) is 6.86. The van der Waals surface area contributed by atoms with Crippen LogP contribution in [0, 0.1) is 5.82 Å². The molecule has 0 unspecified atom stereocenters. The van der Waals surface area contributed by atoms with Crippen molar-refractivity contribution in [2.75, 3.05) is 24.5 Å². The molecule has 0 N–H and O–H groups in total. The van der Waals surface area contributed by atoms with E-state index in [1.807, 2.05) is 41.3 Å². The molecule has 132 valence electrons. The number of hydrogen-bond donors (Lipinski definition) is 0. The Morgan fingerprint density at radius 2 is 1.92 bits per heavy atom. The van der Waals surface area contributed by atoms with Crippen molar-refractivity contribution < 1.29 is 9.18 Å². The Labute approximate surface area is 154 Å². The summed E-state index contributed by atoms with van der Waals surface area (Å²) in [6.45, 7) is 1.95. The number of rotatable bonds is 4. The Kier molecular flexibility index (Phi) is 4.62. The van der Waals surface area contributed by atoms with E-state index >= 15 is 0 Å². The molecule has 1 amide bonds. The molecule has 0 aliphatic carbocycles. The minimum absolute atomic E-state index is 0.0111. The standard InChI is InChI=1S/C19H17FN4OS/c20-16-8-4-5-14(11-16)12-23-9-10-24(13-17(23)25)19-21-18(22-26-19)15-6-2-1-3-7-15/h1-8,11H,9-10,12-13H2. The van der Waals surface area contributed by atoms with Crippen molar-refractivity contribution in [1.82, 2.24) is 14.3 Å². The summed E-state index contributed by atoms with van der Waals surface area (Å²) in [5, 5.41) is 0.752. The van der Waals surface area contributed by atoms with Crippen molar-refractivity contribution in [1.29, 1.82) is 0 Å². The van der Waals surface area contributed by atoms with Crippen LogP contribution in [-0.2, 0) is 11.3 Å². The third-order valence-electron chi connectivity index (χ3n) is 4.30. The topological polar surface area (TPSA) is 49.3 Å². The Morgan fingerprint density at radius 3 is 2.69 bits per heavy atom. The number of carbonyl (C=O) groups is 1. The second kappa shape index (κ2) is 7.21. The number of halogens is 1. The van der Waals surface area contributed by atoms with E-state index in [1.165, 1.54) is 23.7 Å². The maximum absolute atomic E-state index is 13.3. The van der Waals surface area contributed by atoms with Gasteiger partial charge in [0.1, 0.15) is 5.82 Å². The van der Waals surface area contributed by atoms with Crippen LogP contribution in [0.3, 0.4) is 0 Å². The van der Waals surface area contributed by atoms with E-state index in [9.17, 15) is 9.18 Å². The number of aromatic nitrogens is 2. The van der Waals surface area contributed by atoms with E-state index in [0.29, 0.717) is 25.5 Å². The summed E-state index contributed by atoms with van der Waals surface area (Å²) in [4.78, 5) is 20.8. The van der Waals surface area contributed by atoms with Gasteiger partial charge in [0.15, 0.2) is 5.82 Å². The van der Waals surface area contributed by atoms with Crippen molar-refractivity contribution in [3.63, 3.8) is 0 Å². The van der Waals surface area contributed by atoms with Crippen LogP contribution in [0.15, 0.2) is 54.6 Å². The van der Waals surface area contributed by atoms with Gasteiger partial charge in [0.2, 0.25) is 11.0 Å². The smallest absolute Gasteiger partial charge is 0.242 e. The molecular weight excluding hydrogens is 351 g/mol. The average Bonchev–Trinajstić information content (AvgIpc) is 3.14. The van der Waals surface area contributed by atoms with Gasteiger partial charge in [-0.1, -0.05) is 42.5 Å². The lowest BCUT2D eigenvalue weighted by Crippen LogP contribution is -2.50. The van der Waals surface area contributed by atoms with Gasteiger partial charge >= 0.3 is 0 Å². The highest BCUT2D eigenvalue weighted by Gasteiger charge is 2.26. The molecule has 0 radical (unpaired) electrons. The summed E-state index contributed by atoms with van der Waals surface area (Å²) >= 11 is 1.30. The van der Waals surface area contributed by atoms with E-state index in [4.69, 9.17) is 0 Å². The summed E-state index contributed by atoms with van der Waals surface area (Å²) in [6, 6.07) is 16.2. The molecule has 1 aromatic heterocycles. The number of anilines is 1. The van der Waals surface area contributed by atoms with Gasteiger partial charge in [0, 0.05) is 36.7 Å². The number of nitrogens with zero attached hydrogens (tertiary/aromatic N) is 4. The summed E-state index contributed by atoms with van der Waals surface area (Å²) in [7, 11) is 0. The Balaban J connectivity index is 1.42. The van der Waals surface area contributed by atoms with Gasteiger partial charge in [0.25, 0.3) is 0 Å². The van der Waals surface area contributed by atoms with Crippen molar-refractivity contribution in [3.05, 3.63) is 66.0 Å². The quantitative estimate of drug-likeness (QED) is 0.710. The monoisotopic (exact) mass is 368 g/mol. The van der Waals surface area contributed by atoms with Crippen LogP contribution in [0.2, 0.25) is 0 Å². The zero-order valence-electron chi connectivity index (χ0n) is 14.0. The highest BCUT2D eigenvalue weighted by atomic mass is 32.1. The minimum Gasteiger partial charge on any atom is -0.336 e. The molecule has 0 bridgehead atoms. The molecule has 1 aliphatic heterocycles. The molecule has 4 rings (SSSR count). The molecule has 0 atom stereocenters. The lowest BCUT2D eigenvalue weighted by Gasteiger charge is -2.34. The van der Waals surface area contributed by atoms with E-state index in [-0.39, 0.29) is 18.3 Å². The molecule has 2 heterocycles. The average molecular weight is 368 g/mol. The maximum Gasteiger partial charge on any atom is 0.242 e. The Bertz CT molecular complexity index is 915. The molecule has 26 heavy (non-hydrogen) atoms. The summed E-state index contributed by atoms with van der Waals surface area (Å²) in [5.74, 6) is 0.410. The van der Waals surface area contributed by atoms with Gasteiger partial charge in [-0.3, -0.25) is 4.79 Å². The van der Waals surface area contributed by atoms with E-state index < -0.39 is 0 Å². The molecule has 0 saturated carbocycles. The zero-order chi connectivity index (χ0) is 17.9. The molecule has 0 spiro atoms. The molecule has 1 saturated heterocycles. The van der Waals surface area contributed by atoms with Crippen molar-refractivity contribution in [2.24, 2.45) is 0 Å². The maximum atomic E-state index is 13.3. The first-order valence-corrected chi connectivity index (χ1v) is 9.13. The van der Waals surface area contributed by atoms with Crippen molar-refractivity contribution >= 4 is 22.6 Å². The third kappa shape index (κ3) is 3.57. The van der Waals surface area contributed by atoms with Gasteiger partial charge in [-0.05, 0) is 17.7 Å². The number of carbonyl (C=O) groups excluding carboxylic acids is 1. The van der Waals surface area contributed by atoms with Crippen LogP contribution in [0.25, 0.3) is 11.4 Å². The third-order valence-corrected chi connectivity index (χ3v) is 5.08. The predicted molar refractivity (Wildman–Crippen MR) is 99.4 cm³/mol. The van der Waals surface area contributed by atoms with Crippen LogP contribution in [-0.4, -0.2) is 39.8 Å². The van der Waals surface area contributed by atoms with Crippen LogP contribution in [0.5, 0.6) is 0 Å². The number of hydrogen-bond acceptors (Lipinski definition) is 5. The molecular formula is C19H17FN4OS. The lowest BCUT2D eigenvalue weighted by atomic mass is 10.2. The van der Waals surface area contributed by atoms with Crippen LogP contribution in [0.1, 0.15) is 5.56 Å². The number of amides is 1. The Hall–Kier alpha value is -2.80. The first kappa shape index (κ1) is 16.7. The van der Waals surface area contributed by atoms with Crippen LogP contribution < -0.4 is 4.90 Å². The number of benzene rings is 2. The van der Waals surface area contributed by atoms with Gasteiger partial charge < -0.3 is 9.80 Å². The molecule has 3 aromatic rings. The van der Waals surface area contributed by atoms with Crippen LogP contribution in [0.4, 0.5) is 9.52 Å². The normalized spacial score (nSPS) is 14.7. The molecule has 2 aromatic carbocycles. The zero-order valence-corrected chi connectivity index (χ0v) is 14.8. The minimum atomic E-state index is -0.282. The van der Waals surface area contributed by atoms with Crippen molar-refractivity contribution in [3.8, 4) is 11.4 Å². The van der Waals surface area contributed by atoms with Gasteiger partial charge in [0.05, 0.1) is 6.54 Å².